The first-order valence-corrected chi connectivity index (χ1v) is 8.55. The molecule has 1 aromatic carbocycles. The molecule has 1 atom stereocenters. The molecule has 1 aliphatic heterocycles. The maximum Gasteiger partial charge on any atom is 0.322 e. The van der Waals surface area contributed by atoms with Crippen molar-refractivity contribution in [2.24, 2.45) is 7.05 Å². The number of hydrogen-bond donors (Lipinski definition) is 1. The van der Waals surface area contributed by atoms with E-state index in [4.69, 9.17) is 4.52 Å². The molecule has 4 rings (SSSR count). The summed E-state index contributed by atoms with van der Waals surface area (Å²) in [6.45, 7) is 2.13. The number of anilines is 1. The van der Waals surface area contributed by atoms with Crippen molar-refractivity contribution in [3.05, 3.63) is 53.1 Å². The molecule has 1 N–H and O–H groups in total. The largest absolute Gasteiger partial charge is 0.354 e. The van der Waals surface area contributed by atoms with Crippen LogP contribution in [0.15, 0.2) is 28.9 Å². The van der Waals surface area contributed by atoms with Gasteiger partial charge in [0.1, 0.15) is 5.69 Å². The molecular weight excluding hydrogens is 375 g/mol. The summed E-state index contributed by atoms with van der Waals surface area (Å²) in [7, 11) is 1.77. The number of fused-ring (bicyclic) bond motifs is 1. The molecule has 1 unspecified atom stereocenters. The standard InChI is InChI=1S/C18H16F3N5O2/c1-9-15-13(24-28-17(15)14-3-5-25(2)23-14)4-6-26(9)18(27)22-10-7-11(19)16(21)12(20)8-10/h3,5,7-9H,4,6H2,1-2H3,(H,22,27). The molecule has 2 aromatic heterocycles. The molecule has 0 saturated heterocycles. The van der Waals surface area contributed by atoms with Crippen molar-refractivity contribution in [1.82, 2.24) is 19.8 Å². The molecule has 0 spiro atoms. The van der Waals surface area contributed by atoms with Gasteiger partial charge in [-0.3, -0.25) is 4.68 Å². The average Bonchev–Trinajstić information content (AvgIpc) is 3.26. The molecule has 3 aromatic rings. The van der Waals surface area contributed by atoms with Gasteiger partial charge in [-0.25, -0.2) is 18.0 Å². The van der Waals surface area contributed by atoms with Gasteiger partial charge in [0.2, 0.25) is 0 Å². The number of nitrogens with one attached hydrogen (secondary N) is 1. The zero-order valence-corrected chi connectivity index (χ0v) is 15.0. The minimum Gasteiger partial charge on any atom is -0.354 e. The molecule has 2 amide bonds. The van der Waals surface area contributed by atoms with Crippen LogP contribution in [0.5, 0.6) is 0 Å². The number of benzene rings is 1. The van der Waals surface area contributed by atoms with Crippen molar-refractivity contribution in [3.63, 3.8) is 0 Å². The number of nitrogens with zero attached hydrogens (tertiary/aromatic N) is 4. The van der Waals surface area contributed by atoms with E-state index in [1.165, 1.54) is 4.90 Å². The van der Waals surface area contributed by atoms with Gasteiger partial charge in [0.15, 0.2) is 23.2 Å². The van der Waals surface area contributed by atoms with Crippen molar-refractivity contribution in [1.29, 1.82) is 0 Å². The summed E-state index contributed by atoms with van der Waals surface area (Å²) in [6, 6.07) is 2.25. The number of carbonyl (C=O) groups excluding carboxylic acids is 1. The summed E-state index contributed by atoms with van der Waals surface area (Å²) in [6.07, 6.45) is 2.22. The molecule has 10 heteroatoms. The van der Waals surface area contributed by atoms with E-state index in [-0.39, 0.29) is 5.69 Å². The molecule has 7 nitrogen and oxygen atoms in total. The lowest BCUT2D eigenvalue weighted by atomic mass is 9.97. The Morgan fingerprint density at radius 2 is 2.00 bits per heavy atom. The Bertz CT molecular complexity index is 1040. The van der Waals surface area contributed by atoms with Crippen LogP contribution >= 0.6 is 0 Å². The number of aromatic nitrogens is 3. The monoisotopic (exact) mass is 391 g/mol. The fourth-order valence-corrected chi connectivity index (χ4v) is 3.34. The van der Waals surface area contributed by atoms with Crippen LogP contribution in [0.4, 0.5) is 23.7 Å². The number of halogens is 3. The summed E-state index contributed by atoms with van der Waals surface area (Å²) in [5, 5.41) is 10.8. The maximum absolute atomic E-state index is 13.4. The Morgan fingerprint density at radius 1 is 1.29 bits per heavy atom. The van der Waals surface area contributed by atoms with Crippen LogP contribution in [0, 0.1) is 17.5 Å². The van der Waals surface area contributed by atoms with Gasteiger partial charge in [0, 0.05) is 49.6 Å². The Morgan fingerprint density at radius 3 is 2.64 bits per heavy atom. The third-order valence-electron chi connectivity index (χ3n) is 4.72. The second-order valence-electron chi connectivity index (χ2n) is 6.55. The Balaban J connectivity index is 1.60. The van der Waals surface area contributed by atoms with Crippen LogP contribution in [0.2, 0.25) is 0 Å². The molecule has 0 fully saturated rings. The Kier molecular flexibility index (Phi) is 4.33. The normalized spacial score (nSPS) is 16.2. The van der Waals surface area contributed by atoms with E-state index < -0.39 is 29.5 Å². The lowest BCUT2D eigenvalue weighted by Crippen LogP contribution is -2.41. The minimum absolute atomic E-state index is 0.172. The smallest absolute Gasteiger partial charge is 0.322 e. The SMILES string of the molecule is CC1c2c(noc2-c2ccn(C)n2)CCN1C(=O)Nc1cc(F)c(F)c(F)c1. The minimum atomic E-state index is -1.58. The molecule has 0 radical (unpaired) electrons. The highest BCUT2D eigenvalue weighted by Gasteiger charge is 2.34. The van der Waals surface area contributed by atoms with Crippen LogP contribution in [0.1, 0.15) is 24.2 Å². The zero-order valence-electron chi connectivity index (χ0n) is 15.0. The molecule has 3 heterocycles. The summed E-state index contributed by atoms with van der Waals surface area (Å²) < 4.78 is 47.0. The highest BCUT2D eigenvalue weighted by Crippen LogP contribution is 2.37. The van der Waals surface area contributed by atoms with E-state index in [9.17, 15) is 18.0 Å². The molecule has 146 valence electrons. The van der Waals surface area contributed by atoms with E-state index in [1.807, 2.05) is 0 Å². The maximum atomic E-state index is 13.4. The van der Waals surface area contributed by atoms with Crippen LogP contribution < -0.4 is 5.32 Å². The summed E-state index contributed by atoms with van der Waals surface area (Å²) in [5.41, 5.74) is 1.88. The van der Waals surface area contributed by atoms with Crippen LogP contribution in [-0.2, 0) is 13.5 Å². The second-order valence-corrected chi connectivity index (χ2v) is 6.55. The Labute approximate surface area is 157 Å². The Hall–Kier alpha value is -3.30. The molecule has 1 aliphatic rings. The summed E-state index contributed by atoms with van der Waals surface area (Å²) in [5.74, 6) is -3.86. The predicted octanol–water partition coefficient (Wildman–Crippen LogP) is 3.64. The molecule has 0 aliphatic carbocycles. The van der Waals surface area contributed by atoms with Crippen molar-refractivity contribution in [3.8, 4) is 11.5 Å². The second kappa shape index (κ2) is 6.70. The first-order chi connectivity index (χ1) is 13.3. The third-order valence-corrected chi connectivity index (χ3v) is 4.72. The average molecular weight is 391 g/mol. The predicted molar refractivity (Wildman–Crippen MR) is 92.9 cm³/mol. The number of rotatable bonds is 2. The zero-order chi connectivity index (χ0) is 20.0. The lowest BCUT2D eigenvalue weighted by Gasteiger charge is -2.33. The number of aryl methyl sites for hydroxylation is 1. The van der Waals surface area contributed by atoms with Gasteiger partial charge in [0.05, 0.1) is 11.7 Å². The molecule has 0 bridgehead atoms. The highest BCUT2D eigenvalue weighted by molar-refractivity contribution is 5.90. The first-order valence-electron chi connectivity index (χ1n) is 8.55. The fraction of sp³-hybridized carbons (Fsp3) is 0.278. The van der Waals surface area contributed by atoms with E-state index in [1.54, 1.807) is 30.9 Å². The topological polar surface area (TPSA) is 76.2 Å². The quantitative estimate of drug-likeness (QED) is 0.677. The van der Waals surface area contributed by atoms with Crippen molar-refractivity contribution in [2.45, 2.75) is 19.4 Å². The van der Waals surface area contributed by atoms with Gasteiger partial charge >= 0.3 is 6.03 Å². The van der Waals surface area contributed by atoms with E-state index in [2.05, 4.69) is 15.6 Å². The number of hydrogen-bond acceptors (Lipinski definition) is 4. The lowest BCUT2D eigenvalue weighted by molar-refractivity contribution is 0.188. The van der Waals surface area contributed by atoms with Gasteiger partial charge in [-0.15, -0.1) is 0 Å². The van der Waals surface area contributed by atoms with E-state index >= 15 is 0 Å². The number of amides is 2. The van der Waals surface area contributed by atoms with Crippen molar-refractivity contribution >= 4 is 11.7 Å². The fourth-order valence-electron chi connectivity index (χ4n) is 3.34. The van der Waals surface area contributed by atoms with Gasteiger partial charge in [-0.05, 0) is 13.0 Å². The summed E-state index contributed by atoms with van der Waals surface area (Å²) >= 11 is 0. The van der Waals surface area contributed by atoms with Crippen LogP contribution in [0.25, 0.3) is 11.5 Å². The van der Waals surface area contributed by atoms with Crippen LogP contribution in [0.3, 0.4) is 0 Å². The van der Waals surface area contributed by atoms with Crippen molar-refractivity contribution < 1.29 is 22.5 Å². The van der Waals surface area contributed by atoms with Gasteiger partial charge < -0.3 is 14.7 Å². The molecule has 28 heavy (non-hydrogen) atoms. The van der Waals surface area contributed by atoms with Crippen LogP contribution in [-0.4, -0.2) is 32.4 Å². The van der Waals surface area contributed by atoms with Crippen molar-refractivity contribution in [2.75, 3.05) is 11.9 Å². The van der Waals surface area contributed by atoms with E-state index in [0.29, 0.717) is 24.4 Å². The third kappa shape index (κ3) is 3.00. The molecular formula is C18H16F3N5O2. The summed E-state index contributed by atoms with van der Waals surface area (Å²) in [4.78, 5) is 14.2. The van der Waals surface area contributed by atoms with Gasteiger partial charge in [-0.2, -0.15) is 5.10 Å². The number of urea groups is 1. The number of carbonyl (C=O) groups is 1. The van der Waals surface area contributed by atoms with E-state index in [0.717, 1.165) is 23.4 Å². The van der Waals surface area contributed by atoms with Gasteiger partial charge in [-0.1, -0.05) is 5.16 Å². The van der Waals surface area contributed by atoms with Gasteiger partial charge in [0.25, 0.3) is 0 Å². The first kappa shape index (κ1) is 18.1. The molecule has 0 saturated carbocycles. The highest BCUT2D eigenvalue weighted by atomic mass is 19.2.